The van der Waals surface area contributed by atoms with Crippen LogP contribution in [-0.2, 0) is 0 Å². The summed E-state index contributed by atoms with van der Waals surface area (Å²) in [5.41, 5.74) is -0.406. The van der Waals surface area contributed by atoms with E-state index in [0.717, 1.165) is 0 Å². The molecule has 94 valence electrons. The van der Waals surface area contributed by atoms with E-state index in [2.05, 4.69) is 5.32 Å². The normalized spacial score (nSPS) is 14.2. The smallest absolute Gasteiger partial charge is 0.264 e. The molecule has 17 heavy (non-hydrogen) atoms. The van der Waals surface area contributed by atoms with Gasteiger partial charge in [0.05, 0.1) is 6.04 Å². The SMILES string of the molecule is CNC(=O)c1c(I)ccn([C@@H](C)C(C)F)c1=O. The van der Waals surface area contributed by atoms with E-state index in [0.29, 0.717) is 3.57 Å². The van der Waals surface area contributed by atoms with Crippen molar-refractivity contribution in [1.29, 1.82) is 0 Å². The molecule has 1 amide bonds. The van der Waals surface area contributed by atoms with E-state index in [-0.39, 0.29) is 5.56 Å². The number of hydrogen-bond donors (Lipinski definition) is 1. The second-order valence-electron chi connectivity index (χ2n) is 3.75. The van der Waals surface area contributed by atoms with Gasteiger partial charge in [-0.3, -0.25) is 9.59 Å². The highest BCUT2D eigenvalue weighted by atomic mass is 127. The van der Waals surface area contributed by atoms with Crippen LogP contribution in [0.2, 0.25) is 0 Å². The van der Waals surface area contributed by atoms with Crippen molar-refractivity contribution >= 4 is 28.5 Å². The maximum absolute atomic E-state index is 13.2. The molecule has 0 aliphatic heterocycles. The number of pyridine rings is 1. The molecular formula is C11H14FIN2O2. The fourth-order valence-corrected chi connectivity index (χ4v) is 2.04. The molecule has 1 aromatic heterocycles. The van der Waals surface area contributed by atoms with Crippen molar-refractivity contribution in [2.75, 3.05) is 7.05 Å². The third kappa shape index (κ3) is 2.85. The molecule has 0 bridgehead atoms. The van der Waals surface area contributed by atoms with E-state index >= 15 is 0 Å². The zero-order chi connectivity index (χ0) is 13.2. The summed E-state index contributed by atoms with van der Waals surface area (Å²) in [6, 6.07) is 1.04. The van der Waals surface area contributed by atoms with Crippen molar-refractivity contribution in [3.63, 3.8) is 0 Å². The number of carbonyl (C=O) groups excluding carboxylic acids is 1. The average molecular weight is 352 g/mol. The fourth-order valence-electron chi connectivity index (χ4n) is 1.40. The molecule has 1 rings (SSSR count). The number of rotatable bonds is 3. The van der Waals surface area contributed by atoms with Gasteiger partial charge in [0.15, 0.2) is 0 Å². The van der Waals surface area contributed by atoms with E-state index in [1.165, 1.54) is 24.7 Å². The van der Waals surface area contributed by atoms with Crippen LogP contribution >= 0.6 is 22.6 Å². The summed E-state index contributed by atoms with van der Waals surface area (Å²) < 4.78 is 15.0. The minimum Gasteiger partial charge on any atom is -0.355 e. The van der Waals surface area contributed by atoms with E-state index in [1.54, 1.807) is 13.0 Å². The van der Waals surface area contributed by atoms with Gasteiger partial charge in [-0.05, 0) is 42.5 Å². The molecule has 0 saturated carbocycles. The quantitative estimate of drug-likeness (QED) is 0.843. The molecule has 1 N–H and O–H groups in total. The molecule has 0 aromatic carbocycles. The molecule has 0 saturated heterocycles. The van der Waals surface area contributed by atoms with Crippen molar-refractivity contribution < 1.29 is 9.18 Å². The Balaban J connectivity index is 3.39. The fraction of sp³-hybridized carbons (Fsp3) is 0.455. The first-order chi connectivity index (χ1) is 7.90. The van der Waals surface area contributed by atoms with Crippen LogP contribution in [0.5, 0.6) is 0 Å². The van der Waals surface area contributed by atoms with Gasteiger partial charge in [-0.1, -0.05) is 0 Å². The highest BCUT2D eigenvalue weighted by Gasteiger charge is 2.20. The zero-order valence-electron chi connectivity index (χ0n) is 9.83. The van der Waals surface area contributed by atoms with Crippen LogP contribution in [0.15, 0.2) is 17.1 Å². The number of aromatic nitrogens is 1. The number of carbonyl (C=O) groups is 1. The summed E-state index contributed by atoms with van der Waals surface area (Å²) in [6.07, 6.45) is 0.349. The number of alkyl halides is 1. The van der Waals surface area contributed by atoms with Crippen LogP contribution in [-0.4, -0.2) is 23.7 Å². The largest absolute Gasteiger partial charge is 0.355 e. The van der Waals surface area contributed by atoms with Gasteiger partial charge in [0.1, 0.15) is 11.7 Å². The van der Waals surface area contributed by atoms with Crippen molar-refractivity contribution in [3.8, 4) is 0 Å². The van der Waals surface area contributed by atoms with Gasteiger partial charge in [0, 0.05) is 16.8 Å². The van der Waals surface area contributed by atoms with E-state index in [1.807, 2.05) is 22.6 Å². The van der Waals surface area contributed by atoms with E-state index < -0.39 is 23.7 Å². The molecule has 2 atom stereocenters. The summed E-state index contributed by atoms with van der Waals surface area (Å²) in [7, 11) is 1.45. The van der Waals surface area contributed by atoms with Gasteiger partial charge < -0.3 is 9.88 Å². The summed E-state index contributed by atoms with van der Waals surface area (Å²) in [5, 5.41) is 2.41. The van der Waals surface area contributed by atoms with Crippen molar-refractivity contribution in [2.24, 2.45) is 0 Å². The Morgan fingerprint density at radius 2 is 2.12 bits per heavy atom. The number of nitrogens with one attached hydrogen (secondary N) is 1. The predicted octanol–water partition coefficient (Wildman–Crippen LogP) is 1.73. The Bertz CT molecular complexity index is 485. The lowest BCUT2D eigenvalue weighted by atomic mass is 10.2. The monoisotopic (exact) mass is 352 g/mol. The molecular weight excluding hydrogens is 338 g/mol. The number of halogens is 2. The molecule has 0 spiro atoms. The lowest BCUT2D eigenvalue weighted by molar-refractivity contribution is 0.0959. The Morgan fingerprint density at radius 1 is 1.53 bits per heavy atom. The van der Waals surface area contributed by atoms with Gasteiger partial charge in [-0.2, -0.15) is 0 Å². The number of amides is 1. The van der Waals surface area contributed by atoms with Crippen LogP contribution in [0.25, 0.3) is 0 Å². The predicted molar refractivity (Wildman–Crippen MR) is 72.1 cm³/mol. The molecule has 4 nitrogen and oxygen atoms in total. The van der Waals surface area contributed by atoms with Crippen molar-refractivity contribution in [1.82, 2.24) is 9.88 Å². The molecule has 0 aliphatic carbocycles. The number of nitrogens with zero attached hydrogens (tertiary/aromatic N) is 1. The number of hydrogen-bond acceptors (Lipinski definition) is 2. The van der Waals surface area contributed by atoms with Crippen LogP contribution in [0.3, 0.4) is 0 Å². The van der Waals surface area contributed by atoms with Crippen LogP contribution < -0.4 is 10.9 Å². The van der Waals surface area contributed by atoms with E-state index in [9.17, 15) is 14.0 Å². The van der Waals surface area contributed by atoms with Crippen LogP contribution in [0, 0.1) is 3.57 Å². The molecule has 0 aliphatic rings. The molecule has 6 heteroatoms. The van der Waals surface area contributed by atoms with Gasteiger partial charge in [0.25, 0.3) is 11.5 Å². The first-order valence-electron chi connectivity index (χ1n) is 5.17. The second-order valence-corrected chi connectivity index (χ2v) is 4.91. The van der Waals surface area contributed by atoms with Gasteiger partial charge in [-0.15, -0.1) is 0 Å². The molecule has 1 aromatic rings. The molecule has 1 unspecified atom stereocenters. The lowest BCUT2D eigenvalue weighted by Crippen LogP contribution is -2.35. The minimum absolute atomic E-state index is 0.0584. The minimum atomic E-state index is -1.16. The highest BCUT2D eigenvalue weighted by Crippen LogP contribution is 2.14. The van der Waals surface area contributed by atoms with Crippen LogP contribution in [0.1, 0.15) is 30.2 Å². The Kier molecular flexibility index (Phi) is 4.67. The first-order valence-corrected chi connectivity index (χ1v) is 6.24. The molecule has 1 heterocycles. The Hall–Kier alpha value is -0.920. The molecule has 0 fully saturated rings. The van der Waals surface area contributed by atoms with E-state index in [4.69, 9.17) is 0 Å². The zero-order valence-corrected chi connectivity index (χ0v) is 12.0. The Labute approximate surface area is 112 Å². The third-order valence-corrected chi connectivity index (χ3v) is 3.53. The van der Waals surface area contributed by atoms with Crippen molar-refractivity contribution in [3.05, 3.63) is 31.8 Å². The summed E-state index contributed by atoms with van der Waals surface area (Å²) in [5.74, 6) is -0.451. The van der Waals surface area contributed by atoms with Crippen molar-refractivity contribution in [2.45, 2.75) is 26.1 Å². The summed E-state index contributed by atoms with van der Waals surface area (Å²) in [6.45, 7) is 2.99. The highest BCUT2D eigenvalue weighted by molar-refractivity contribution is 14.1. The lowest BCUT2D eigenvalue weighted by Gasteiger charge is -2.17. The molecule has 0 radical (unpaired) electrons. The summed E-state index contributed by atoms with van der Waals surface area (Å²) in [4.78, 5) is 23.6. The Morgan fingerprint density at radius 3 is 2.59 bits per heavy atom. The third-order valence-electron chi connectivity index (χ3n) is 2.63. The van der Waals surface area contributed by atoms with Gasteiger partial charge in [-0.25, -0.2) is 4.39 Å². The topological polar surface area (TPSA) is 51.1 Å². The summed E-state index contributed by atoms with van der Waals surface area (Å²) >= 11 is 1.91. The first kappa shape index (κ1) is 14.1. The average Bonchev–Trinajstić information content (AvgIpc) is 2.28. The maximum Gasteiger partial charge on any atom is 0.264 e. The van der Waals surface area contributed by atoms with Gasteiger partial charge >= 0.3 is 0 Å². The van der Waals surface area contributed by atoms with Gasteiger partial charge in [0.2, 0.25) is 0 Å². The van der Waals surface area contributed by atoms with Crippen LogP contribution in [0.4, 0.5) is 4.39 Å². The second kappa shape index (κ2) is 5.61. The maximum atomic E-state index is 13.2. The standard InChI is InChI=1S/C11H14FIN2O2/c1-6(12)7(2)15-5-4-8(13)9(11(15)17)10(16)14-3/h4-7H,1-3H3,(H,14,16)/t6?,7-/m0/s1.